The van der Waals surface area contributed by atoms with Crippen molar-refractivity contribution in [2.24, 2.45) is 0 Å². The van der Waals surface area contributed by atoms with Crippen LogP contribution < -0.4 is 5.32 Å². The van der Waals surface area contributed by atoms with Gasteiger partial charge in [0.2, 0.25) is 0 Å². The summed E-state index contributed by atoms with van der Waals surface area (Å²) in [5, 5.41) is 3.56. The normalized spacial score (nSPS) is 24.1. The molecule has 1 saturated heterocycles. The zero-order valence-electron chi connectivity index (χ0n) is 11.5. The molecule has 1 fully saturated rings. The maximum atomic E-state index is 5.79. The molecule has 3 heteroatoms. The zero-order chi connectivity index (χ0) is 13.0. The van der Waals surface area contributed by atoms with E-state index < -0.39 is 5.79 Å². The quantitative estimate of drug-likeness (QED) is 0.870. The van der Waals surface area contributed by atoms with Gasteiger partial charge < -0.3 is 14.8 Å². The van der Waals surface area contributed by atoms with Crippen molar-refractivity contribution in [3.05, 3.63) is 35.9 Å². The molecule has 0 spiro atoms. The van der Waals surface area contributed by atoms with Crippen molar-refractivity contribution in [3.8, 4) is 0 Å². The molecule has 0 bridgehead atoms. The molecule has 0 radical (unpaired) electrons. The second kappa shape index (κ2) is 5.83. The topological polar surface area (TPSA) is 30.5 Å². The molecular weight excluding hydrogens is 226 g/mol. The summed E-state index contributed by atoms with van der Waals surface area (Å²) < 4.78 is 11.4. The Bertz CT molecular complexity index is 364. The maximum absolute atomic E-state index is 5.79. The summed E-state index contributed by atoms with van der Waals surface area (Å²) in [5.41, 5.74) is 1.33. The average molecular weight is 249 g/mol. The molecule has 2 rings (SSSR count). The summed E-state index contributed by atoms with van der Waals surface area (Å²) >= 11 is 0. The fraction of sp³-hybridized carbons (Fsp3) is 0.600. The Balaban J connectivity index is 1.85. The third-order valence-electron chi connectivity index (χ3n) is 3.27. The van der Waals surface area contributed by atoms with Crippen LogP contribution in [0.3, 0.4) is 0 Å². The van der Waals surface area contributed by atoms with Gasteiger partial charge in [0.05, 0.1) is 12.7 Å². The molecule has 0 aromatic heterocycles. The van der Waals surface area contributed by atoms with Gasteiger partial charge in [-0.3, -0.25) is 0 Å². The third-order valence-corrected chi connectivity index (χ3v) is 3.27. The van der Waals surface area contributed by atoms with Gasteiger partial charge in [-0.05, 0) is 25.8 Å². The van der Waals surface area contributed by atoms with E-state index in [4.69, 9.17) is 9.47 Å². The van der Waals surface area contributed by atoms with Crippen molar-refractivity contribution in [3.63, 3.8) is 0 Å². The van der Waals surface area contributed by atoms with E-state index in [1.807, 2.05) is 19.9 Å². The number of benzene rings is 1. The van der Waals surface area contributed by atoms with Crippen LogP contribution in [0.25, 0.3) is 0 Å². The Kier molecular flexibility index (Phi) is 4.38. The molecule has 0 saturated carbocycles. The predicted octanol–water partition coefficient (Wildman–Crippen LogP) is 2.88. The van der Waals surface area contributed by atoms with Crippen molar-refractivity contribution in [1.29, 1.82) is 0 Å². The van der Waals surface area contributed by atoms with Gasteiger partial charge in [0.15, 0.2) is 5.79 Å². The van der Waals surface area contributed by atoms with Gasteiger partial charge >= 0.3 is 0 Å². The van der Waals surface area contributed by atoms with Crippen molar-refractivity contribution in [1.82, 2.24) is 5.32 Å². The minimum Gasteiger partial charge on any atom is -0.348 e. The second-order valence-corrected chi connectivity index (χ2v) is 5.23. The minimum atomic E-state index is -0.430. The minimum absolute atomic E-state index is 0.151. The largest absolute Gasteiger partial charge is 0.348 e. The van der Waals surface area contributed by atoms with Gasteiger partial charge in [0.1, 0.15) is 0 Å². The monoisotopic (exact) mass is 249 g/mol. The molecule has 0 amide bonds. The Morgan fingerprint density at radius 1 is 1.33 bits per heavy atom. The first-order valence-corrected chi connectivity index (χ1v) is 6.71. The molecule has 2 unspecified atom stereocenters. The Labute approximate surface area is 109 Å². The molecule has 1 N–H and O–H groups in total. The standard InChI is InChI=1S/C15H23NO2/c1-4-14(12-8-6-5-7-9-12)16-10-13-11-17-15(2,3)18-13/h5-9,13-14,16H,4,10-11H2,1-3H3. The number of nitrogens with one attached hydrogen (secondary N) is 1. The molecule has 2 atom stereocenters. The highest BCUT2D eigenvalue weighted by Gasteiger charge is 2.32. The molecule has 3 nitrogen and oxygen atoms in total. The molecule has 1 aromatic carbocycles. The van der Waals surface area contributed by atoms with Crippen LogP contribution >= 0.6 is 0 Å². The van der Waals surface area contributed by atoms with E-state index in [1.54, 1.807) is 0 Å². The Hall–Kier alpha value is -0.900. The van der Waals surface area contributed by atoms with Gasteiger partial charge in [-0.2, -0.15) is 0 Å². The highest BCUT2D eigenvalue weighted by atomic mass is 16.7. The first-order chi connectivity index (χ1) is 8.61. The molecule has 18 heavy (non-hydrogen) atoms. The van der Waals surface area contributed by atoms with E-state index in [0.717, 1.165) is 13.0 Å². The SMILES string of the molecule is CCC(NCC1COC(C)(C)O1)c1ccccc1. The van der Waals surface area contributed by atoms with E-state index in [1.165, 1.54) is 5.56 Å². The number of hydrogen-bond donors (Lipinski definition) is 1. The lowest BCUT2D eigenvalue weighted by atomic mass is 10.0. The van der Waals surface area contributed by atoms with Gasteiger partial charge in [0, 0.05) is 12.6 Å². The van der Waals surface area contributed by atoms with Crippen LogP contribution in [-0.4, -0.2) is 25.0 Å². The van der Waals surface area contributed by atoms with Crippen LogP contribution in [0, 0.1) is 0 Å². The van der Waals surface area contributed by atoms with Crippen molar-refractivity contribution in [2.45, 2.75) is 45.1 Å². The van der Waals surface area contributed by atoms with Crippen LogP contribution in [0.15, 0.2) is 30.3 Å². The van der Waals surface area contributed by atoms with Crippen molar-refractivity contribution >= 4 is 0 Å². The smallest absolute Gasteiger partial charge is 0.163 e. The van der Waals surface area contributed by atoms with Crippen molar-refractivity contribution < 1.29 is 9.47 Å². The first kappa shape index (κ1) is 13.5. The Morgan fingerprint density at radius 3 is 2.61 bits per heavy atom. The summed E-state index contributed by atoms with van der Waals surface area (Å²) in [6.07, 6.45) is 1.22. The number of hydrogen-bond acceptors (Lipinski definition) is 3. The van der Waals surface area contributed by atoms with Gasteiger partial charge in [-0.1, -0.05) is 37.3 Å². The van der Waals surface area contributed by atoms with Crippen LogP contribution in [0.5, 0.6) is 0 Å². The average Bonchev–Trinajstić information content (AvgIpc) is 2.71. The van der Waals surface area contributed by atoms with Crippen LogP contribution in [0.2, 0.25) is 0 Å². The van der Waals surface area contributed by atoms with Gasteiger partial charge in [0.25, 0.3) is 0 Å². The van der Waals surface area contributed by atoms with Crippen molar-refractivity contribution in [2.75, 3.05) is 13.2 Å². The van der Waals surface area contributed by atoms with Crippen LogP contribution in [-0.2, 0) is 9.47 Å². The van der Waals surface area contributed by atoms with E-state index >= 15 is 0 Å². The summed E-state index contributed by atoms with van der Waals surface area (Å²) in [5.74, 6) is -0.430. The molecule has 100 valence electrons. The highest BCUT2D eigenvalue weighted by Crippen LogP contribution is 2.23. The number of rotatable bonds is 5. The highest BCUT2D eigenvalue weighted by molar-refractivity contribution is 5.18. The van der Waals surface area contributed by atoms with E-state index in [9.17, 15) is 0 Å². The van der Waals surface area contributed by atoms with Crippen LogP contribution in [0.1, 0.15) is 38.8 Å². The fourth-order valence-electron chi connectivity index (χ4n) is 2.32. The molecule has 1 aromatic rings. The zero-order valence-corrected chi connectivity index (χ0v) is 11.5. The fourth-order valence-corrected chi connectivity index (χ4v) is 2.32. The van der Waals surface area contributed by atoms with E-state index in [2.05, 4.69) is 36.5 Å². The summed E-state index contributed by atoms with van der Waals surface area (Å²) in [7, 11) is 0. The third kappa shape index (κ3) is 3.55. The Morgan fingerprint density at radius 2 is 2.06 bits per heavy atom. The van der Waals surface area contributed by atoms with Crippen LogP contribution in [0.4, 0.5) is 0 Å². The first-order valence-electron chi connectivity index (χ1n) is 6.71. The molecule has 1 heterocycles. The predicted molar refractivity (Wildman–Crippen MR) is 72.4 cm³/mol. The summed E-state index contributed by atoms with van der Waals surface area (Å²) in [4.78, 5) is 0. The summed E-state index contributed by atoms with van der Waals surface area (Å²) in [6, 6.07) is 10.9. The molecular formula is C15H23NO2. The lowest BCUT2D eigenvalue weighted by Gasteiger charge is -2.21. The summed E-state index contributed by atoms with van der Waals surface area (Å²) in [6.45, 7) is 7.62. The van der Waals surface area contributed by atoms with Gasteiger partial charge in [-0.15, -0.1) is 0 Å². The lowest BCUT2D eigenvalue weighted by Crippen LogP contribution is -2.32. The second-order valence-electron chi connectivity index (χ2n) is 5.23. The maximum Gasteiger partial charge on any atom is 0.163 e. The van der Waals surface area contributed by atoms with E-state index in [-0.39, 0.29) is 6.10 Å². The molecule has 1 aliphatic heterocycles. The number of ether oxygens (including phenoxy) is 2. The van der Waals surface area contributed by atoms with Gasteiger partial charge in [-0.25, -0.2) is 0 Å². The lowest BCUT2D eigenvalue weighted by molar-refractivity contribution is -0.137. The van der Waals surface area contributed by atoms with E-state index in [0.29, 0.717) is 12.6 Å². The molecule has 1 aliphatic rings. The molecule has 0 aliphatic carbocycles.